The predicted octanol–water partition coefficient (Wildman–Crippen LogP) is 8.21. The topological polar surface area (TPSA) is 147 Å². The van der Waals surface area contributed by atoms with Crippen LogP contribution in [0.5, 0.6) is 11.5 Å². The Kier molecular flexibility index (Phi) is 14.0. The van der Waals surface area contributed by atoms with E-state index in [1.807, 2.05) is 51.3 Å². The lowest BCUT2D eigenvalue weighted by atomic mass is 9.77. The molecule has 1 amide bonds. The Morgan fingerprint density at radius 2 is 1.75 bits per heavy atom. The molecule has 1 aromatic carbocycles. The largest absolute Gasteiger partial charge is 0.491 e. The Hall–Kier alpha value is -3.85. The number of pyridine rings is 1. The molecule has 348 valence electrons. The van der Waals surface area contributed by atoms with Crippen LogP contribution in [0.25, 0.3) is 22.3 Å². The number of likely N-dealkylation sites (tertiary alicyclic amines) is 1. The van der Waals surface area contributed by atoms with Gasteiger partial charge in [-0.05, 0) is 66.9 Å². The maximum atomic E-state index is 15.0. The summed E-state index contributed by atoms with van der Waals surface area (Å²) in [4.78, 5) is 70.2. The first-order valence-corrected chi connectivity index (χ1v) is 24.6. The van der Waals surface area contributed by atoms with E-state index in [1.165, 1.54) is 13.5 Å². The van der Waals surface area contributed by atoms with Crippen LogP contribution < -0.4 is 9.47 Å². The summed E-state index contributed by atoms with van der Waals surface area (Å²) >= 11 is 8.74. The highest BCUT2D eigenvalue weighted by Crippen LogP contribution is 2.58. The van der Waals surface area contributed by atoms with Crippen molar-refractivity contribution in [3.63, 3.8) is 0 Å². The molecule has 2 aromatic heterocycles. The normalized spacial score (nSPS) is 27.0. The number of Topliss-reactive ketones (excluding diaryl/α,β-unsaturated/α-hetero) is 1. The van der Waals surface area contributed by atoms with Gasteiger partial charge in [-0.2, -0.15) is 0 Å². The van der Waals surface area contributed by atoms with Crippen molar-refractivity contribution in [1.29, 1.82) is 0 Å². The Morgan fingerprint density at radius 3 is 2.42 bits per heavy atom. The number of methoxy groups -OCH3 is 1. The Bertz CT molecular complexity index is 2210. The van der Waals surface area contributed by atoms with Gasteiger partial charge in [0.2, 0.25) is 5.91 Å². The number of amides is 1. The van der Waals surface area contributed by atoms with E-state index in [9.17, 15) is 19.2 Å². The number of thiazole rings is 1. The zero-order valence-corrected chi connectivity index (χ0v) is 40.1. The third-order valence-electron chi connectivity index (χ3n) is 14.2. The molecule has 8 rings (SSSR count). The molecule has 5 fully saturated rings. The molecular formula is C49H65ClN4O9S. The molecule has 5 aliphatic rings. The van der Waals surface area contributed by atoms with E-state index in [0.29, 0.717) is 82.8 Å². The number of nitrogens with zero attached hydrogens (tertiary/aromatic N) is 4. The highest BCUT2D eigenvalue weighted by molar-refractivity contribution is 7.09. The van der Waals surface area contributed by atoms with Gasteiger partial charge in [0.15, 0.2) is 5.78 Å². The lowest BCUT2D eigenvalue weighted by molar-refractivity contribution is -0.157. The number of ketones is 1. The number of rotatable bonds is 18. The van der Waals surface area contributed by atoms with Crippen molar-refractivity contribution in [2.45, 2.75) is 118 Å². The molecule has 13 nitrogen and oxygen atoms in total. The van der Waals surface area contributed by atoms with Crippen molar-refractivity contribution >= 4 is 57.5 Å². The first kappa shape index (κ1) is 46.7. The number of halogens is 1. The van der Waals surface area contributed by atoms with Crippen molar-refractivity contribution in [3.05, 3.63) is 33.6 Å². The highest BCUT2D eigenvalue weighted by atomic mass is 35.5. The number of ether oxygens (including phenoxy) is 5. The molecule has 0 N–H and O–H groups in total. The van der Waals surface area contributed by atoms with Gasteiger partial charge in [0.05, 0.1) is 72.6 Å². The van der Waals surface area contributed by atoms with Gasteiger partial charge in [-0.15, -0.1) is 11.3 Å². The summed E-state index contributed by atoms with van der Waals surface area (Å²) in [5.74, 6) is 0.648. The summed E-state index contributed by atoms with van der Waals surface area (Å²) in [5.41, 5.74) is 0.204. The molecule has 4 heterocycles. The average Bonchev–Trinajstić information content (AvgIpc) is 3.92. The summed E-state index contributed by atoms with van der Waals surface area (Å²) in [7, 11) is 1.35. The van der Waals surface area contributed by atoms with Crippen LogP contribution in [0.3, 0.4) is 0 Å². The number of esters is 2. The van der Waals surface area contributed by atoms with Gasteiger partial charge < -0.3 is 28.6 Å². The zero-order chi connectivity index (χ0) is 45.5. The molecule has 3 aromatic rings. The van der Waals surface area contributed by atoms with Crippen molar-refractivity contribution in [3.8, 4) is 22.9 Å². The standard InChI is InChI=1S/C49H65ClN4O9S/c1-8-31-24-49(31,47(58)59-7)25-39(55)38-21-33(26-54(38)46(57)35(48(4,5)6)22-43(56)63-32-19-29-18-30(29)20-32)62-41-23-36(37-27-64-42(51-37)17-28(2)3)52-45-34(41)9-10-40(44(45)50)61-16-13-53-11-14-60-15-12-53/h9-10,23,27-33,35,38H,8,11-22,24-26H2,1-7H3/t29-,30+,31-,32?,33-,35-,38+,49-/m1/s1. The van der Waals surface area contributed by atoms with Gasteiger partial charge in [-0.3, -0.25) is 24.1 Å². The van der Waals surface area contributed by atoms with Crippen LogP contribution >= 0.6 is 22.9 Å². The van der Waals surface area contributed by atoms with Gasteiger partial charge in [0, 0.05) is 55.7 Å². The number of carbonyl (C=O) groups excluding carboxylic acids is 4. The second-order valence-corrected chi connectivity index (χ2v) is 21.7. The fraction of sp³-hybridized carbons (Fsp3) is 0.673. The van der Waals surface area contributed by atoms with Crippen molar-refractivity contribution in [2.75, 3.05) is 53.1 Å². The minimum Gasteiger partial charge on any atom is -0.491 e. The van der Waals surface area contributed by atoms with Gasteiger partial charge in [0.25, 0.3) is 0 Å². The van der Waals surface area contributed by atoms with Crippen LogP contribution in [0.2, 0.25) is 5.02 Å². The molecule has 64 heavy (non-hydrogen) atoms. The van der Waals surface area contributed by atoms with Crippen LogP contribution in [0.4, 0.5) is 0 Å². The molecule has 3 aliphatic carbocycles. The van der Waals surface area contributed by atoms with E-state index in [4.69, 9.17) is 45.3 Å². The van der Waals surface area contributed by atoms with Gasteiger partial charge in [-0.1, -0.05) is 59.6 Å². The number of aromatic nitrogens is 2. The summed E-state index contributed by atoms with van der Waals surface area (Å²) in [6, 6.07) is 4.68. The summed E-state index contributed by atoms with van der Waals surface area (Å²) in [6.07, 6.45) is 4.41. The molecule has 15 heteroatoms. The minimum absolute atomic E-state index is 0.0200. The molecule has 2 saturated heterocycles. The third-order valence-corrected chi connectivity index (χ3v) is 15.5. The minimum atomic E-state index is -0.916. The van der Waals surface area contributed by atoms with Crippen LogP contribution in [0.1, 0.15) is 97.9 Å². The highest BCUT2D eigenvalue weighted by Gasteiger charge is 2.62. The fourth-order valence-corrected chi connectivity index (χ4v) is 11.6. The van der Waals surface area contributed by atoms with E-state index < -0.39 is 40.8 Å². The molecular weight excluding hydrogens is 856 g/mol. The summed E-state index contributed by atoms with van der Waals surface area (Å²) in [5, 5.41) is 3.98. The summed E-state index contributed by atoms with van der Waals surface area (Å²) in [6.45, 7) is 16.5. The lowest BCUT2D eigenvalue weighted by Crippen LogP contribution is -2.48. The second-order valence-electron chi connectivity index (χ2n) is 20.4. The molecule has 8 atom stereocenters. The van der Waals surface area contributed by atoms with Crippen LogP contribution in [0.15, 0.2) is 23.6 Å². The Labute approximate surface area is 386 Å². The van der Waals surface area contributed by atoms with Gasteiger partial charge >= 0.3 is 11.9 Å². The number of morpholine rings is 1. The number of hydrogen-bond acceptors (Lipinski definition) is 13. The van der Waals surface area contributed by atoms with Gasteiger partial charge in [0.1, 0.15) is 35.3 Å². The molecule has 0 spiro atoms. The molecule has 0 bridgehead atoms. The maximum Gasteiger partial charge on any atom is 0.312 e. The quantitative estimate of drug-likeness (QED) is 0.113. The first-order valence-electron chi connectivity index (χ1n) is 23.4. The maximum absolute atomic E-state index is 15.0. The molecule has 1 unspecified atom stereocenters. The van der Waals surface area contributed by atoms with Crippen LogP contribution in [0, 0.1) is 40.4 Å². The average molecular weight is 922 g/mol. The van der Waals surface area contributed by atoms with E-state index in [1.54, 1.807) is 16.2 Å². The first-order chi connectivity index (χ1) is 30.6. The number of benzene rings is 1. The van der Waals surface area contributed by atoms with Crippen LogP contribution in [-0.2, 0) is 39.8 Å². The van der Waals surface area contributed by atoms with E-state index in [2.05, 4.69) is 18.7 Å². The number of hydrogen-bond donors (Lipinski definition) is 0. The van der Waals surface area contributed by atoms with E-state index in [0.717, 1.165) is 50.3 Å². The van der Waals surface area contributed by atoms with Gasteiger partial charge in [-0.25, -0.2) is 9.97 Å². The molecule has 3 saturated carbocycles. The third kappa shape index (κ3) is 10.2. The SMILES string of the molecule is CC[C@@H]1C[C@]1(CC(=O)[C@@H]1C[C@@H](Oc2cc(-c3csc(CC(C)C)n3)nc3c(Cl)c(OCCN4CCOCC4)ccc23)CN1C(=O)[C@@H](CC(=O)OC1C[C@@H]2C[C@@H]2C1)C(C)(C)C)C(=O)OC. The Morgan fingerprint density at radius 1 is 1.00 bits per heavy atom. The monoisotopic (exact) mass is 920 g/mol. The van der Waals surface area contributed by atoms with Crippen molar-refractivity contribution < 1.29 is 42.9 Å². The lowest BCUT2D eigenvalue weighted by Gasteiger charge is -2.35. The van der Waals surface area contributed by atoms with Crippen LogP contribution in [-0.4, -0.2) is 115 Å². The molecule has 0 radical (unpaired) electrons. The summed E-state index contributed by atoms with van der Waals surface area (Å²) < 4.78 is 29.9. The zero-order valence-electron chi connectivity index (χ0n) is 38.5. The number of carbonyl (C=O) groups is 4. The van der Waals surface area contributed by atoms with E-state index in [-0.39, 0.29) is 49.5 Å². The molecule has 2 aliphatic heterocycles. The Balaban J connectivity index is 1.09. The smallest absolute Gasteiger partial charge is 0.312 e. The number of fused-ring (bicyclic) bond motifs is 2. The second kappa shape index (κ2) is 19.2. The fourth-order valence-electron chi connectivity index (χ4n) is 10.3. The van der Waals surface area contributed by atoms with Crippen molar-refractivity contribution in [2.24, 2.45) is 40.4 Å². The van der Waals surface area contributed by atoms with Crippen molar-refractivity contribution in [1.82, 2.24) is 19.8 Å². The predicted molar refractivity (Wildman–Crippen MR) is 244 cm³/mol. The van der Waals surface area contributed by atoms with E-state index >= 15 is 0 Å².